The lowest BCUT2D eigenvalue weighted by molar-refractivity contribution is -0.0601. The molecular weight excluding hydrogens is 310 g/mol. The number of hydrogen-bond acceptors (Lipinski definition) is 8. The molecular formula is C11H13BN4O5P+. The molecule has 4 rings (SSSR count). The zero-order valence-corrected chi connectivity index (χ0v) is 12.2. The van der Waals surface area contributed by atoms with Gasteiger partial charge in [-0.2, -0.15) is 9.05 Å². The molecule has 0 amide bonds. The summed E-state index contributed by atoms with van der Waals surface area (Å²) < 4.78 is 17.7. The van der Waals surface area contributed by atoms with E-state index in [0.717, 1.165) is 0 Å². The van der Waals surface area contributed by atoms with Gasteiger partial charge in [0, 0.05) is 6.20 Å². The molecule has 11 heteroatoms. The molecule has 5 atom stereocenters. The van der Waals surface area contributed by atoms with Crippen LogP contribution in [0.2, 0.25) is 0 Å². The second-order valence-electron chi connectivity index (χ2n) is 5.20. The molecule has 9 nitrogen and oxygen atoms in total. The van der Waals surface area contributed by atoms with Crippen LogP contribution in [-0.4, -0.2) is 57.0 Å². The number of aromatic nitrogens is 3. The summed E-state index contributed by atoms with van der Waals surface area (Å²) in [7, 11) is 2.08. The summed E-state index contributed by atoms with van der Waals surface area (Å²) in [5.41, 5.74) is 6.33. The fourth-order valence-electron chi connectivity index (χ4n) is 2.79. The van der Waals surface area contributed by atoms with Crippen molar-refractivity contribution in [1.82, 2.24) is 14.5 Å². The average molecular weight is 323 g/mol. The standard InChI is InChI=1S/C11H13BN4O5P/c12-22(18)19-3-6-8(21-22)7(17)11(20-6)16-2-1-5-9(13)14-4-15-10(5)16/h1-2,4,6-8,11,17-18H,3H2,(H2,13,14,15)/q+1/t6?,7-,8?,11+,22?/m0/s1. The van der Waals surface area contributed by atoms with Crippen LogP contribution < -0.4 is 5.73 Å². The van der Waals surface area contributed by atoms with E-state index >= 15 is 0 Å². The second-order valence-corrected chi connectivity index (χ2v) is 6.80. The number of rotatable bonds is 1. The highest BCUT2D eigenvalue weighted by atomic mass is 31.2. The first-order valence-electron chi connectivity index (χ1n) is 6.60. The molecule has 0 spiro atoms. The first-order chi connectivity index (χ1) is 10.5. The van der Waals surface area contributed by atoms with Gasteiger partial charge in [0.2, 0.25) is 0 Å². The topological polar surface area (TPSA) is 125 Å². The van der Waals surface area contributed by atoms with Crippen molar-refractivity contribution in [3.05, 3.63) is 18.6 Å². The van der Waals surface area contributed by atoms with E-state index in [2.05, 4.69) is 9.97 Å². The number of ether oxygens (including phenoxy) is 1. The van der Waals surface area contributed by atoms with Crippen LogP contribution in [0.15, 0.2) is 18.6 Å². The molecule has 2 aromatic heterocycles. The molecule has 22 heavy (non-hydrogen) atoms. The molecule has 2 radical (unpaired) electrons. The third-order valence-corrected chi connectivity index (χ3v) is 4.88. The van der Waals surface area contributed by atoms with Gasteiger partial charge in [0.05, 0.1) is 5.39 Å². The molecule has 0 aromatic carbocycles. The SMILES string of the molecule is [B][P+]1(O)OCC2O[C@@H](n3ccc4c(N)ncnc43)[C@@H](O)C2O1. The van der Waals surface area contributed by atoms with Gasteiger partial charge in [-0.05, 0) is 6.07 Å². The number of nitrogens with zero attached hydrogens (tertiary/aromatic N) is 3. The number of anilines is 1. The van der Waals surface area contributed by atoms with Crippen molar-refractivity contribution in [2.75, 3.05) is 12.3 Å². The Morgan fingerprint density at radius 1 is 1.45 bits per heavy atom. The molecule has 4 heterocycles. The second kappa shape index (κ2) is 4.85. The summed E-state index contributed by atoms with van der Waals surface area (Å²) in [6.45, 7) is 0.0509. The number of hydrogen-bond donors (Lipinski definition) is 3. The molecule has 0 aliphatic carbocycles. The van der Waals surface area contributed by atoms with Gasteiger partial charge < -0.3 is 20.1 Å². The summed E-state index contributed by atoms with van der Waals surface area (Å²) in [5.74, 6) is 0.343. The lowest BCUT2D eigenvalue weighted by atomic mass is 10.1. The normalized spacial score (nSPS) is 38.3. The summed E-state index contributed by atoms with van der Waals surface area (Å²) in [5, 5.41) is 11.1. The maximum atomic E-state index is 10.5. The van der Waals surface area contributed by atoms with Crippen molar-refractivity contribution >= 4 is 32.2 Å². The van der Waals surface area contributed by atoms with E-state index in [4.69, 9.17) is 27.1 Å². The Morgan fingerprint density at radius 2 is 2.27 bits per heavy atom. The number of aliphatic hydroxyl groups excluding tert-OH is 1. The smallest absolute Gasteiger partial charge is 0.385 e. The van der Waals surface area contributed by atoms with Crippen LogP contribution in [0.4, 0.5) is 5.82 Å². The maximum absolute atomic E-state index is 10.5. The van der Waals surface area contributed by atoms with Gasteiger partial charge in [0.15, 0.2) is 12.3 Å². The van der Waals surface area contributed by atoms with Crippen LogP contribution in [-0.2, 0) is 13.8 Å². The molecule has 2 aliphatic rings. The van der Waals surface area contributed by atoms with Crippen LogP contribution in [0.25, 0.3) is 11.0 Å². The van der Waals surface area contributed by atoms with Gasteiger partial charge in [-0.25, -0.2) is 14.9 Å². The quantitative estimate of drug-likeness (QED) is 0.475. The largest absolute Gasteiger partial charge is 0.488 e. The molecule has 4 N–H and O–H groups in total. The van der Waals surface area contributed by atoms with Crippen molar-refractivity contribution in [3.8, 4) is 0 Å². The van der Waals surface area contributed by atoms with Gasteiger partial charge in [0.25, 0.3) is 0 Å². The van der Waals surface area contributed by atoms with Crippen LogP contribution >= 0.6 is 7.82 Å². The van der Waals surface area contributed by atoms with Crippen molar-refractivity contribution in [1.29, 1.82) is 0 Å². The predicted molar refractivity (Wildman–Crippen MR) is 77.6 cm³/mol. The zero-order valence-electron chi connectivity index (χ0n) is 11.3. The Bertz CT molecular complexity index is 728. The van der Waals surface area contributed by atoms with Gasteiger partial charge in [0.1, 0.15) is 36.6 Å². The maximum Gasteiger partial charge on any atom is 0.488 e. The van der Waals surface area contributed by atoms with Crippen LogP contribution in [0.1, 0.15) is 6.23 Å². The Balaban J connectivity index is 1.70. The van der Waals surface area contributed by atoms with Gasteiger partial charge in [-0.1, -0.05) is 0 Å². The molecule has 0 saturated carbocycles. The Hall–Kier alpha value is -1.29. The minimum atomic E-state index is -3.40. The third-order valence-electron chi connectivity index (χ3n) is 3.82. The van der Waals surface area contributed by atoms with E-state index in [1.54, 1.807) is 16.8 Å². The molecule has 0 bridgehead atoms. The highest BCUT2D eigenvalue weighted by Crippen LogP contribution is 2.58. The fraction of sp³-hybridized carbons (Fsp3) is 0.455. The van der Waals surface area contributed by atoms with Gasteiger partial charge in [-0.15, -0.1) is 0 Å². The van der Waals surface area contributed by atoms with Gasteiger partial charge in [-0.3, -0.25) is 0 Å². The zero-order chi connectivity index (χ0) is 15.5. The first-order valence-corrected chi connectivity index (χ1v) is 8.25. The number of aliphatic hydroxyl groups is 1. The van der Waals surface area contributed by atoms with E-state index in [0.29, 0.717) is 16.9 Å². The Labute approximate surface area is 127 Å². The van der Waals surface area contributed by atoms with Crippen molar-refractivity contribution in [3.63, 3.8) is 0 Å². The van der Waals surface area contributed by atoms with E-state index in [-0.39, 0.29) is 6.61 Å². The van der Waals surface area contributed by atoms with E-state index in [1.807, 2.05) is 0 Å². The monoisotopic (exact) mass is 323 g/mol. The lowest BCUT2D eigenvalue weighted by Gasteiger charge is -2.27. The number of nitrogen functional groups attached to an aromatic ring is 1. The summed E-state index contributed by atoms with van der Waals surface area (Å²) >= 11 is 0. The van der Waals surface area contributed by atoms with Crippen LogP contribution in [0, 0.1) is 0 Å². The first kappa shape index (κ1) is 14.3. The third kappa shape index (κ3) is 2.11. The molecule has 2 fully saturated rings. The van der Waals surface area contributed by atoms with E-state index < -0.39 is 32.4 Å². The molecule has 2 aliphatic heterocycles. The minimum absolute atomic E-state index is 0.0509. The Morgan fingerprint density at radius 3 is 3.09 bits per heavy atom. The van der Waals surface area contributed by atoms with Crippen molar-refractivity contribution in [2.45, 2.75) is 24.5 Å². The lowest BCUT2D eigenvalue weighted by Crippen LogP contribution is -2.40. The van der Waals surface area contributed by atoms with E-state index in [9.17, 15) is 10.00 Å². The highest BCUT2D eigenvalue weighted by molar-refractivity contribution is 7.85. The minimum Gasteiger partial charge on any atom is -0.385 e. The van der Waals surface area contributed by atoms with Crippen molar-refractivity contribution < 1.29 is 23.8 Å². The summed E-state index contributed by atoms with van der Waals surface area (Å²) in [6.07, 6.45) is -0.0313. The van der Waals surface area contributed by atoms with E-state index in [1.165, 1.54) is 6.33 Å². The molecule has 2 aromatic rings. The molecule has 3 unspecified atom stereocenters. The van der Waals surface area contributed by atoms with Crippen LogP contribution in [0.3, 0.4) is 0 Å². The van der Waals surface area contributed by atoms with Gasteiger partial charge >= 0.3 is 15.4 Å². The number of fused-ring (bicyclic) bond motifs is 2. The van der Waals surface area contributed by atoms with Crippen molar-refractivity contribution in [2.24, 2.45) is 0 Å². The molecule has 114 valence electrons. The predicted octanol–water partition coefficient (Wildman–Crippen LogP) is -0.474. The summed E-state index contributed by atoms with van der Waals surface area (Å²) in [4.78, 5) is 17.8. The summed E-state index contributed by atoms with van der Waals surface area (Å²) in [6, 6.07) is 1.74. The molecule has 2 saturated heterocycles. The average Bonchev–Trinajstić information content (AvgIpc) is 3.01. The Kier molecular flexibility index (Phi) is 3.16. The highest BCUT2D eigenvalue weighted by Gasteiger charge is 2.56. The fourth-order valence-corrected chi connectivity index (χ4v) is 3.83. The number of nitrogens with two attached hydrogens (primary N) is 1. The van der Waals surface area contributed by atoms with Crippen LogP contribution in [0.5, 0.6) is 0 Å².